The van der Waals surface area contributed by atoms with E-state index in [1.807, 2.05) is 41.3 Å². The van der Waals surface area contributed by atoms with Crippen molar-refractivity contribution in [3.63, 3.8) is 0 Å². The van der Waals surface area contributed by atoms with E-state index in [0.717, 1.165) is 11.1 Å². The van der Waals surface area contributed by atoms with Crippen LogP contribution in [0.25, 0.3) is 16.7 Å². The molecule has 0 spiro atoms. The Labute approximate surface area is 209 Å². The topological polar surface area (TPSA) is 62.6 Å². The van der Waals surface area contributed by atoms with Crippen LogP contribution in [0, 0.1) is 11.3 Å². The summed E-state index contributed by atoms with van der Waals surface area (Å²) in [6.07, 6.45) is 2.38. The molecule has 3 aromatic carbocycles. The number of carbonyl (C=O) groups excluding carboxylic acids is 1. The van der Waals surface area contributed by atoms with Gasteiger partial charge < -0.3 is 9.47 Å². The van der Waals surface area contributed by atoms with Crippen LogP contribution < -0.4 is 0 Å². The van der Waals surface area contributed by atoms with Crippen molar-refractivity contribution < 1.29 is 14.3 Å². The molecule has 1 fully saturated rings. The molecule has 1 saturated heterocycles. The lowest BCUT2D eigenvalue weighted by Gasteiger charge is -2.44. The number of hydrogen-bond donors (Lipinski definition) is 0. The van der Waals surface area contributed by atoms with Crippen molar-refractivity contribution in [3.8, 4) is 17.2 Å². The normalized spacial score (nSPS) is 20.5. The second kappa shape index (κ2) is 8.88. The molecule has 1 amide bonds. The van der Waals surface area contributed by atoms with Crippen LogP contribution in [0.15, 0.2) is 72.8 Å². The molecule has 1 aliphatic carbocycles. The molecule has 0 radical (unpaired) electrons. The Kier molecular flexibility index (Phi) is 5.56. The zero-order chi connectivity index (χ0) is 23.9. The van der Waals surface area contributed by atoms with E-state index < -0.39 is 0 Å². The first-order valence-corrected chi connectivity index (χ1v) is 12.1. The van der Waals surface area contributed by atoms with E-state index in [9.17, 15) is 10.1 Å². The second-order valence-electron chi connectivity index (χ2n) is 9.17. The largest absolute Gasteiger partial charge is 0.448 e. The Hall–Kier alpha value is -3.59. The van der Waals surface area contributed by atoms with Crippen LogP contribution in [0.4, 0.5) is 4.79 Å². The summed E-state index contributed by atoms with van der Waals surface area (Å²) >= 11 is 6.12. The van der Waals surface area contributed by atoms with Gasteiger partial charge in [-0.05, 0) is 51.9 Å². The number of benzene rings is 3. The molecular weight excluding hydrogens is 460 g/mol. The fourth-order valence-corrected chi connectivity index (χ4v) is 5.73. The summed E-state index contributed by atoms with van der Waals surface area (Å²) in [5.41, 5.74) is 7.31. The minimum atomic E-state index is -0.311. The average Bonchev–Trinajstić information content (AvgIpc) is 3.20. The van der Waals surface area contributed by atoms with Crippen LogP contribution in [-0.4, -0.2) is 42.9 Å². The summed E-state index contributed by atoms with van der Waals surface area (Å²) in [6, 6.07) is 23.9. The van der Waals surface area contributed by atoms with Gasteiger partial charge in [0.05, 0.1) is 35.9 Å². The number of carbonyl (C=O) groups is 1. The highest BCUT2D eigenvalue weighted by Crippen LogP contribution is 2.44. The highest BCUT2D eigenvalue weighted by atomic mass is 35.5. The van der Waals surface area contributed by atoms with Crippen molar-refractivity contribution in [1.29, 1.82) is 5.26 Å². The fraction of sp³-hybridized carbons (Fsp3) is 0.241. The van der Waals surface area contributed by atoms with Gasteiger partial charge in [-0.25, -0.2) is 4.79 Å². The molecule has 2 atom stereocenters. The van der Waals surface area contributed by atoms with Gasteiger partial charge >= 0.3 is 6.09 Å². The molecule has 0 aromatic heterocycles. The number of ether oxygens (including phenoxy) is 2. The number of morpholine rings is 1. The molecule has 5 nitrogen and oxygen atoms in total. The fourth-order valence-electron chi connectivity index (χ4n) is 5.57. The van der Waals surface area contributed by atoms with E-state index in [-0.39, 0.29) is 24.1 Å². The molecule has 2 aliphatic heterocycles. The molecule has 174 valence electrons. The molecule has 2 bridgehead atoms. The van der Waals surface area contributed by atoms with Crippen molar-refractivity contribution in [1.82, 2.24) is 4.90 Å². The standard InChI is InChI=1S/C29H23ClN2O3/c30-28-10-9-18(11-20(28)14-31)19-12-21-15-34-16-22(13-19)32(21)29(33)35-17-27-25-7-3-1-5-23(25)24-6-2-4-8-26(24)27/h1-12,21-22,27H,13,15-17H2. The van der Waals surface area contributed by atoms with Gasteiger partial charge in [-0.15, -0.1) is 0 Å². The number of rotatable bonds is 3. The van der Waals surface area contributed by atoms with Gasteiger partial charge in [0.25, 0.3) is 0 Å². The quantitative estimate of drug-likeness (QED) is 0.458. The number of hydrogen-bond acceptors (Lipinski definition) is 4. The lowest BCUT2D eigenvalue weighted by molar-refractivity contribution is -0.0331. The Balaban J connectivity index is 1.22. The van der Waals surface area contributed by atoms with E-state index in [4.69, 9.17) is 21.1 Å². The van der Waals surface area contributed by atoms with Crippen LogP contribution in [-0.2, 0) is 9.47 Å². The van der Waals surface area contributed by atoms with Gasteiger partial charge in [0.1, 0.15) is 12.7 Å². The van der Waals surface area contributed by atoms with Crippen LogP contribution in [0.1, 0.15) is 34.6 Å². The van der Waals surface area contributed by atoms with Crippen LogP contribution in [0.3, 0.4) is 0 Å². The third-order valence-corrected chi connectivity index (χ3v) is 7.53. The monoisotopic (exact) mass is 482 g/mol. The first kappa shape index (κ1) is 21.9. The first-order chi connectivity index (χ1) is 17.1. The maximum Gasteiger partial charge on any atom is 0.410 e. The Morgan fingerprint density at radius 1 is 1.06 bits per heavy atom. The third-order valence-electron chi connectivity index (χ3n) is 7.20. The van der Waals surface area contributed by atoms with Crippen LogP contribution in [0.5, 0.6) is 0 Å². The molecule has 2 unspecified atom stereocenters. The number of fused-ring (bicyclic) bond motifs is 5. The minimum Gasteiger partial charge on any atom is -0.448 e. The van der Waals surface area contributed by atoms with Gasteiger partial charge in [0.15, 0.2) is 0 Å². The SMILES string of the molecule is N#Cc1cc(C2=CC3COCC(C2)N3C(=O)OCC2c3ccccc3-c3ccccc32)ccc1Cl. The van der Waals surface area contributed by atoms with Crippen molar-refractivity contribution in [2.24, 2.45) is 0 Å². The summed E-state index contributed by atoms with van der Waals surface area (Å²) in [5.74, 6) is 0.0248. The van der Waals surface area contributed by atoms with E-state index in [1.54, 1.807) is 6.07 Å². The van der Waals surface area contributed by atoms with E-state index in [0.29, 0.717) is 36.8 Å². The van der Waals surface area contributed by atoms with Crippen molar-refractivity contribution in [2.75, 3.05) is 19.8 Å². The molecule has 35 heavy (non-hydrogen) atoms. The van der Waals surface area contributed by atoms with Gasteiger partial charge in [-0.1, -0.05) is 72.3 Å². The van der Waals surface area contributed by atoms with Gasteiger partial charge in [-0.3, -0.25) is 4.90 Å². The first-order valence-electron chi connectivity index (χ1n) is 11.8. The molecule has 6 heteroatoms. The smallest absolute Gasteiger partial charge is 0.410 e. The summed E-state index contributed by atoms with van der Waals surface area (Å²) in [5, 5.41) is 9.79. The third kappa shape index (κ3) is 3.80. The summed E-state index contributed by atoms with van der Waals surface area (Å²) in [4.78, 5) is 15.2. The maximum atomic E-state index is 13.3. The van der Waals surface area contributed by atoms with Gasteiger partial charge in [-0.2, -0.15) is 5.26 Å². The Bertz CT molecular complexity index is 1350. The molecule has 2 heterocycles. The summed E-state index contributed by atoms with van der Waals surface area (Å²) in [6.45, 7) is 1.17. The molecule has 0 N–H and O–H groups in total. The highest BCUT2D eigenvalue weighted by Gasteiger charge is 2.40. The lowest BCUT2D eigenvalue weighted by atomic mass is 9.89. The molecule has 6 rings (SSSR count). The van der Waals surface area contributed by atoms with E-state index >= 15 is 0 Å². The van der Waals surface area contributed by atoms with E-state index in [2.05, 4.69) is 36.4 Å². The molecule has 3 aromatic rings. The number of amides is 1. The van der Waals surface area contributed by atoms with Crippen molar-refractivity contribution in [3.05, 3.63) is 100 Å². The highest BCUT2D eigenvalue weighted by molar-refractivity contribution is 6.31. The second-order valence-corrected chi connectivity index (χ2v) is 9.58. The predicted molar refractivity (Wildman–Crippen MR) is 134 cm³/mol. The predicted octanol–water partition coefficient (Wildman–Crippen LogP) is 6.02. The van der Waals surface area contributed by atoms with E-state index in [1.165, 1.54) is 22.3 Å². The summed E-state index contributed by atoms with van der Waals surface area (Å²) in [7, 11) is 0. The van der Waals surface area contributed by atoms with Crippen molar-refractivity contribution in [2.45, 2.75) is 24.4 Å². The minimum absolute atomic E-state index is 0.0248. The number of nitriles is 1. The zero-order valence-electron chi connectivity index (χ0n) is 19.0. The van der Waals surface area contributed by atoms with Crippen LogP contribution in [0.2, 0.25) is 5.02 Å². The van der Waals surface area contributed by atoms with Crippen LogP contribution >= 0.6 is 11.6 Å². The zero-order valence-corrected chi connectivity index (χ0v) is 19.7. The van der Waals surface area contributed by atoms with Gasteiger partial charge in [0, 0.05) is 5.92 Å². The average molecular weight is 483 g/mol. The van der Waals surface area contributed by atoms with Crippen molar-refractivity contribution >= 4 is 23.3 Å². The Morgan fingerprint density at radius 2 is 1.77 bits per heavy atom. The lowest BCUT2D eigenvalue weighted by Crippen LogP contribution is -2.56. The maximum absolute atomic E-state index is 13.3. The van der Waals surface area contributed by atoms with Gasteiger partial charge in [0.2, 0.25) is 0 Å². The Morgan fingerprint density at radius 3 is 2.46 bits per heavy atom. The number of halogens is 1. The molecule has 3 aliphatic rings. The molecular formula is C29H23ClN2O3. The summed E-state index contributed by atoms with van der Waals surface area (Å²) < 4.78 is 11.7. The number of nitrogens with zero attached hydrogens (tertiary/aromatic N) is 2. The molecule has 0 saturated carbocycles.